The second-order valence-electron chi connectivity index (χ2n) is 6.04. The van der Waals surface area contributed by atoms with Gasteiger partial charge in [-0.05, 0) is 56.3 Å². The number of benzene rings is 1. The summed E-state index contributed by atoms with van der Waals surface area (Å²) in [7, 11) is 1.88. The normalized spacial score (nSPS) is 20.8. The highest BCUT2D eigenvalue weighted by Gasteiger charge is 2.24. The van der Waals surface area contributed by atoms with Gasteiger partial charge in [-0.15, -0.1) is 10.2 Å². The monoisotopic (exact) mass is 365 g/mol. The molecule has 0 radical (unpaired) electrons. The van der Waals surface area contributed by atoms with Crippen LogP contribution < -0.4 is 10.6 Å². The summed E-state index contributed by atoms with van der Waals surface area (Å²) in [5, 5.41) is 15.6. The zero-order valence-electron chi connectivity index (χ0n) is 13.6. The zero-order chi connectivity index (χ0) is 17.1. The zero-order valence-corrected chi connectivity index (χ0v) is 15.2. The Morgan fingerprint density at radius 3 is 3.00 bits per heavy atom. The van der Waals surface area contributed by atoms with Gasteiger partial charge in [-0.3, -0.25) is 4.79 Å². The molecule has 2 N–H and O–H groups in total. The molecule has 6 nitrogen and oxygen atoms in total. The van der Waals surface area contributed by atoms with E-state index >= 15 is 0 Å². The van der Waals surface area contributed by atoms with Crippen molar-refractivity contribution in [2.45, 2.75) is 35.9 Å². The van der Waals surface area contributed by atoms with Crippen molar-refractivity contribution in [2.75, 3.05) is 11.9 Å². The number of amides is 1. The second-order valence-corrected chi connectivity index (χ2v) is 7.45. The first-order valence-electron chi connectivity index (χ1n) is 7.88. The lowest BCUT2D eigenvalue weighted by Gasteiger charge is -2.27. The van der Waals surface area contributed by atoms with Crippen molar-refractivity contribution in [1.29, 1.82) is 0 Å². The second kappa shape index (κ2) is 7.55. The molecule has 128 valence electrons. The maximum absolute atomic E-state index is 12.4. The van der Waals surface area contributed by atoms with Crippen LogP contribution in [0, 0.1) is 5.92 Å². The first-order chi connectivity index (χ1) is 11.5. The van der Waals surface area contributed by atoms with Crippen molar-refractivity contribution >= 4 is 35.0 Å². The molecular weight excluding hydrogens is 346 g/mol. The van der Waals surface area contributed by atoms with Gasteiger partial charge in [-0.1, -0.05) is 11.6 Å². The van der Waals surface area contributed by atoms with Crippen LogP contribution in [0.3, 0.4) is 0 Å². The molecule has 2 atom stereocenters. The average molecular weight is 366 g/mol. The minimum atomic E-state index is 0.0488. The summed E-state index contributed by atoms with van der Waals surface area (Å²) in [6, 6.07) is 5.92. The van der Waals surface area contributed by atoms with Crippen molar-refractivity contribution < 1.29 is 4.79 Å². The van der Waals surface area contributed by atoms with E-state index in [4.69, 9.17) is 11.6 Å². The summed E-state index contributed by atoms with van der Waals surface area (Å²) >= 11 is 7.79. The molecule has 2 heterocycles. The Bertz CT molecular complexity index is 735. The molecule has 1 saturated heterocycles. The van der Waals surface area contributed by atoms with Crippen LogP contribution in [0.25, 0.3) is 0 Å². The third-order valence-electron chi connectivity index (χ3n) is 4.06. The highest BCUT2D eigenvalue weighted by Crippen LogP contribution is 2.33. The molecule has 8 heteroatoms. The molecule has 1 aliphatic rings. The Kier molecular flexibility index (Phi) is 5.43. The number of halogens is 1. The standard InChI is InChI=1S/C16H20ClN5OS/c1-10-7-11(5-6-18-10)15(23)20-12-3-4-14(13(17)8-12)24-16-21-19-9-22(16)2/h3-4,8-11,18H,5-7H2,1-2H3,(H,20,23)/t10-,11-/m0/s1. The molecule has 2 aromatic rings. The molecule has 0 aliphatic carbocycles. The fourth-order valence-electron chi connectivity index (χ4n) is 2.74. The molecule has 1 aromatic heterocycles. The predicted octanol–water partition coefficient (Wildman–Crippen LogP) is 2.95. The summed E-state index contributed by atoms with van der Waals surface area (Å²) < 4.78 is 1.83. The highest BCUT2D eigenvalue weighted by atomic mass is 35.5. The first kappa shape index (κ1) is 17.3. The molecule has 0 unspecified atom stereocenters. The van der Waals surface area contributed by atoms with Crippen molar-refractivity contribution in [3.8, 4) is 0 Å². The van der Waals surface area contributed by atoms with E-state index in [1.54, 1.807) is 12.4 Å². The van der Waals surface area contributed by atoms with Gasteiger partial charge < -0.3 is 15.2 Å². The van der Waals surface area contributed by atoms with Crippen LogP contribution in [0.15, 0.2) is 34.6 Å². The summed E-state index contributed by atoms with van der Waals surface area (Å²) in [6.45, 7) is 2.99. The molecule has 1 amide bonds. The van der Waals surface area contributed by atoms with Gasteiger partial charge in [0, 0.05) is 29.6 Å². The van der Waals surface area contributed by atoms with Crippen LogP contribution in [0.1, 0.15) is 19.8 Å². The van der Waals surface area contributed by atoms with Gasteiger partial charge in [0.15, 0.2) is 5.16 Å². The van der Waals surface area contributed by atoms with E-state index in [-0.39, 0.29) is 11.8 Å². The number of aromatic nitrogens is 3. The van der Waals surface area contributed by atoms with Crippen molar-refractivity contribution in [3.63, 3.8) is 0 Å². The van der Waals surface area contributed by atoms with E-state index in [0.29, 0.717) is 11.1 Å². The number of rotatable bonds is 4. The summed E-state index contributed by atoms with van der Waals surface area (Å²) in [5.74, 6) is 0.112. The number of nitrogens with zero attached hydrogens (tertiary/aromatic N) is 3. The molecule has 0 spiro atoms. The molecule has 1 fully saturated rings. The minimum absolute atomic E-state index is 0.0488. The smallest absolute Gasteiger partial charge is 0.227 e. The van der Waals surface area contributed by atoms with Gasteiger partial charge in [-0.2, -0.15) is 0 Å². The maximum Gasteiger partial charge on any atom is 0.227 e. The van der Waals surface area contributed by atoms with E-state index in [0.717, 1.165) is 35.1 Å². The molecule has 1 aliphatic heterocycles. The Labute approximate surface area is 150 Å². The highest BCUT2D eigenvalue weighted by molar-refractivity contribution is 7.99. The summed E-state index contributed by atoms with van der Waals surface area (Å²) in [5.41, 5.74) is 0.721. The van der Waals surface area contributed by atoms with Crippen LogP contribution in [0.2, 0.25) is 5.02 Å². The van der Waals surface area contributed by atoms with Crippen molar-refractivity contribution in [1.82, 2.24) is 20.1 Å². The quantitative estimate of drug-likeness (QED) is 0.871. The molecular formula is C16H20ClN5OS. The van der Waals surface area contributed by atoms with Crippen molar-refractivity contribution in [3.05, 3.63) is 29.5 Å². The van der Waals surface area contributed by atoms with Crippen molar-refractivity contribution in [2.24, 2.45) is 13.0 Å². The largest absolute Gasteiger partial charge is 0.326 e. The van der Waals surface area contributed by atoms with Gasteiger partial charge in [0.2, 0.25) is 5.91 Å². The third kappa shape index (κ3) is 4.09. The minimum Gasteiger partial charge on any atom is -0.326 e. The number of hydrogen-bond donors (Lipinski definition) is 2. The number of carbonyl (C=O) groups excluding carboxylic acids is 1. The molecule has 3 rings (SSSR count). The van der Waals surface area contributed by atoms with E-state index in [2.05, 4.69) is 27.8 Å². The van der Waals surface area contributed by atoms with E-state index in [1.165, 1.54) is 11.8 Å². The Morgan fingerprint density at radius 1 is 1.50 bits per heavy atom. The molecule has 0 saturated carbocycles. The SMILES string of the molecule is C[C@H]1C[C@@H](C(=O)Nc2ccc(Sc3nncn3C)c(Cl)c2)CCN1. The number of aryl methyl sites for hydroxylation is 1. The fourth-order valence-corrected chi connectivity index (χ4v) is 3.80. The van der Waals surface area contributed by atoms with E-state index < -0.39 is 0 Å². The number of piperidine rings is 1. The topological polar surface area (TPSA) is 71.8 Å². The van der Waals surface area contributed by atoms with Gasteiger partial charge in [0.25, 0.3) is 0 Å². The summed E-state index contributed by atoms with van der Waals surface area (Å²) in [6.07, 6.45) is 3.37. The lowest BCUT2D eigenvalue weighted by molar-refractivity contribution is -0.120. The molecule has 0 bridgehead atoms. The van der Waals surface area contributed by atoms with Crippen LogP contribution >= 0.6 is 23.4 Å². The predicted molar refractivity (Wildman–Crippen MR) is 95.4 cm³/mol. The van der Waals surface area contributed by atoms with Gasteiger partial charge in [0.1, 0.15) is 6.33 Å². The van der Waals surface area contributed by atoms with Crippen LogP contribution in [0.4, 0.5) is 5.69 Å². The molecule has 1 aromatic carbocycles. The van der Waals surface area contributed by atoms with E-state index in [9.17, 15) is 4.79 Å². The maximum atomic E-state index is 12.4. The third-order valence-corrected chi connectivity index (χ3v) is 5.62. The summed E-state index contributed by atoms with van der Waals surface area (Å²) in [4.78, 5) is 13.3. The Morgan fingerprint density at radius 2 is 2.33 bits per heavy atom. The number of carbonyl (C=O) groups is 1. The number of nitrogens with one attached hydrogen (secondary N) is 2. The van der Waals surface area contributed by atoms with Crippen LogP contribution in [0.5, 0.6) is 0 Å². The Hall–Kier alpha value is -1.57. The lowest BCUT2D eigenvalue weighted by atomic mass is 9.92. The average Bonchev–Trinajstić information content (AvgIpc) is 2.95. The number of hydrogen-bond acceptors (Lipinski definition) is 5. The van der Waals surface area contributed by atoms with Gasteiger partial charge in [-0.25, -0.2) is 0 Å². The van der Waals surface area contributed by atoms with Gasteiger partial charge in [0.05, 0.1) is 5.02 Å². The fraction of sp³-hybridized carbons (Fsp3) is 0.438. The number of anilines is 1. The van der Waals surface area contributed by atoms with E-state index in [1.807, 2.05) is 23.7 Å². The molecule has 24 heavy (non-hydrogen) atoms. The van der Waals surface area contributed by atoms with Crippen LogP contribution in [-0.4, -0.2) is 33.3 Å². The lowest BCUT2D eigenvalue weighted by Crippen LogP contribution is -2.40. The van der Waals surface area contributed by atoms with Crippen LogP contribution in [-0.2, 0) is 11.8 Å². The first-order valence-corrected chi connectivity index (χ1v) is 9.08. The van der Waals surface area contributed by atoms with Gasteiger partial charge >= 0.3 is 0 Å². The Balaban J connectivity index is 1.66.